The molecule has 2 aliphatic heterocycles. The Morgan fingerprint density at radius 3 is 2.59 bits per heavy atom. The first-order chi connectivity index (χ1) is 15.6. The number of rotatable bonds is 7. The fraction of sp³-hybridized carbons (Fsp3) is 0.435. The second kappa shape index (κ2) is 10.6. The molecule has 0 bridgehead atoms. The molecule has 4 amide bonds. The van der Waals surface area contributed by atoms with Gasteiger partial charge in [-0.1, -0.05) is 0 Å². The highest BCUT2D eigenvalue weighted by molar-refractivity contribution is 7.10. The van der Waals surface area contributed by atoms with Crippen molar-refractivity contribution >= 4 is 40.6 Å². The van der Waals surface area contributed by atoms with Crippen LogP contribution in [0.2, 0.25) is 0 Å². The molecule has 32 heavy (non-hydrogen) atoms. The number of hydrogen-bond donors (Lipinski definition) is 3. The van der Waals surface area contributed by atoms with Gasteiger partial charge in [-0.2, -0.15) is 0 Å². The summed E-state index contributed by atoms with van der Waals surface area (Å²) in [4.78, 5) is 39.9. The fourth-order valence-corrected chi connectivity index (χ4v) is 4.78. The summed E-state index contributed by atoms with van der Waals surface area (Å²) < 4.78 is 5.48. The molecule has 9 heteroatoms. The Labute approximate surface area is 191 Å². The number of benzene rings is 1. The van der Waals surface area contributed by atoms with Crippen molar-refractivity contribution in [2.24, 2.45) is 0 Å². The molecule has 2 aliphatic rings. The molecule has 1 fully saturated rings. The number of ether oxygens (including phenoxy) is 1. The van der Waals surface area contributed by atoms with Crippen molar-refractivity contribution in [2.75, 3.05) is 30.3 Å². The summed E-state index contributed by atoms with van der Waals surface area (Å²) in [5.41, 5.74) is 2.46. The maximum absolute atomic E-state index is 12.5. The van der Waals surface area contributed by atoms with E-state index in [1.165, 1.54) is 10.4 Å². The maximum atomic E-state index is 12.5. The van der Waals surface area contributed by atoms with Crippen LogP contribution in [0.15, 0.2) is 35.7 Å². The van der Waals surface area contributed by atoms with Crippen LogP contribution in [0.5, 0.6) is 0 Å². The molecule has 0 aliphatic carbocycles. The first kappa shape index (κ1) is 22.3. The Balaban J connectivity index is 1.16. The SMILES string of the molecule is O=C(CCC(=O)N1CCc2sccc2C1)Nc1ccc(NC(=O)NCC2CCCO2)cc1. The zero-order valence-corrected chi connectivity index (χ0v) is 18.7. The van der Waals surface area contributed by atoms with E-state index in [1.54, 1.807) is 35.6 Å². The topological polar surface area (TPSA) is 99.8 Å². The summed E-state index contributed by atoms with van der Waals surface area (Å²) in [7, 11) is 0. The molecule has 3 N–H and O–H groups in total. The van der Waals surface area contributed by atoms with Crippen LogP contribution >= 0.6 is 11.3 Å². The van der Waals surface area contributed by atoms with Crippen molar-refractivity contribution in [1.29, 1.82) is 0 Å². The Hall–Kier alpha value is -2.91. The van der Waals surface area contributed by atoms with Gasteiger partial charge in [-0.15, -0.1) is 11.3 Å². The molecule has 3 heterocycles. The normalized spacial score (nSPS) is 17.5. The summed E-state index contributed by atoms with van der Waals surface area (Å²) in [6.07, 6.45) is 3.30. The molecule has 4 rings (SSSR count). The summed E-state index contributed by atoms with van der Waals surface area (Å²) in [5, 5.41) is 10.4. The molecule has 0 saturated carbocycles. The van der Waals surface area contributed by atoms with E-state index in [9.17, 15) is 14.4 Å². The average Bonchev–Trinajstić information content (AvgIpc) is 3.49. The van der Waals surface area contributed by atoms with Crippen LogP contribution in [0.1, 0.15) is 36.1 Å². The molecular formula is C23H28N4O4S. The van der Waals surface area contributed by atoms with E-state index in [-0.39, 0.29) is 36.8 Å². The molecular weight excluding hydrogens is 428 g/mol. The van der Waals surface area contributed by atoms with E-state index in [1.807, 2.05) is 4.90 Å². The predicted octanol–water partition coefficient (Wildman–Crippen LogP) is 3.35. The average molecular weight is 457 g/mol. The van der Waals surface area contributed by atoms with Gasteiger partial charge in [0.05, 0.1) is 6.10 Å². The van der Waals surface area contributed by atoms with Gasteiger partial charge in [0.2, 0.25) is 11.8 Å². The Kier molecular flexibility index (Phi) is 7.39. The van der Waals surface area contributed by atoms with Crippen molar-refractivity contribution < 1.29 is 19.1 Å². The monoisotopic (exact) mass is 456 g/mol. The highest BCUT2D eigenvalue weighted by atomic mass is 32.1. The zero-order valence-electron chi connectivity index (χ0n) is 17.9. The minimum atomic E-state index is -0.289. The Morgan fingerprint density at radius 2 is 1.84 bits per heavy atom. The van der Waals surface area contributed by atoms with Gasteiger partial charge >= 0.3 is 6.03 Å². The number of anilines is 2. The minimum absolute atomic E-state index is 0.00515. The van der Waals surface area contributed by atoms with Crippen molar-refractivity contribution in [1.82, 2.24) is 10.2 Å². The quantitative estimate of drug-likeness (QED) is 0.595. The lowest BCUT2D eigenvalue weighted by Gasteiger charge is -2.27. The van der Waals surface area contributed by atoms with Crippen molar-refractivity contribution in [3.8, 4) is 0 Å². The first-order valence-corrected chi connectivity index (χ1v) is 11.8. The van der Waals surface area contributed by atoms with Crippen LogP contribution in [-0.4, -0.2) is 48.5 Å². The van der Waals surface area contributed by atoms with Crippen molar-refractivity contribution in [3.63, 3.8) is 0 Å². The lowest BCUT2D eigenvalue weighted by atomic mass is 10.1. The van der Waals surface area contributed by atoms with Crippen LogP contribution in [0, 0.1) is 0 Å². The maximum Gasteiger partial charge on any atom is 0.319 e. The van der Waals surface area contributed by atoms with Gasteiger partial charge in [-0.25, -0.2) is 4.79 Å². The molecule has 1 aromatic heterocycles. The van der Waals surface area contributed by atoms with Gasteiger partial charge in [0.1, 0.15) is 0 Å². The zero-order chi connectivity index (χ0) is 22.3. The van der Waals surface area contributed by atoms with Crippen LogP contribution in [0.25, 0.3) is 0 Å². The molecule has 8 nitrogen and oxygen atoms in total. The lowest BCUT2D eigenvalue weighted by Crippen LogP contribution is -2.35. The number of carbonyl (C=O) groups is 3. The number of thiophene rings is 1. The predicted molar refractivity (Wildman–Crippen MR) is 124 cm³/mol. The van der Waals surface area contributed by atoms with Crippen molar-refractivity contribution in [3.05, 3.63) is 46.2 Å². The second-order valence-corrected chi connectivity index (χ2v) is 9.03. The van der Waals surface area contributed by atoms with Crippen LogP contribution < -0.4 is 16.0 Å². The largest absolute Gasteiger partial charge is 0.376 e. The van der Waals surface area contributed by atoms with Crippen LogP contribution in [-0.2, 0) is 27.3 Å². The first-order valence-electron chi connectivity index (χ1n) is 11.0. The second-order valence-electron chi connectivity index (χ2n) is 8.03. The van der Waals surface area contributed by atoms with Gasteiger partial charge in [0.15, 0.2) is 0 Å². The molecule has 1 saturated heterocycles. The fourth-order valence-electron chi connectivity index (χ4n) is 3.89. The third kappa shape index (κ3) is 6.08. The highest BCUT2D eigenvalue weighted by Crippen LogP contribution is 2.24. The van der Waals surface area contributed by atoms with E-state index >= 15 is 0 Å². The summed E-state index contributed by atoms with van der Waals surface area (Å²) in [6, 6.07) is 8.66. The number of carbonyl (C=O) groups excluding carboxylic acids is 3. The van der Waals surface area contributed by atoms with Crippen LogP contribution in [0.4, 0.5) is 16.2 Å². The van der Waals surface area contributed by atoms with Gasteiger partial charge in [-0.05, 0) is 60.5 Å². The molecule has 170 valence electrons. The third-order valence-electron chi connectivity index (χ3n) is 5.67. The van der Waals surface area contributed by atoms with Crippen molar-refractivity contribution in [2.45, 2.75) is 44.8 Å². The number of nitrogens with zero attached hydrogens (tertiary/aromatic N) is 1. The molecule has 1 aromatic carbocycles. The number of fused-ring (bicyclic) bond motifs is 1. The lowest BCUT2D eigenvalue weighted by molar-refractivity contribution is -0.133. The number of nitrogens with one attached hydrogen (secondary N) is 3. The molecule has 0 spiro atoms. The Morgan fingerprint density at radius 1 is 1.06 bits per heavy atom. The van der Waals surface area contributed by atoms with Crippen LogP contribution in [0.3, 0.4) is 0 Å². The third-order valence-corrected chi connectivity index (χ3v) is 6.69. The molecule has 0 radical (unpaired) electrons. The summed E-state index contributed by atoms with van der Waals surface area (Å²) >= 11 is 1.74. The van der Waals surface area contributed by atoms with E-state index in [4.69, 9.17) is 4.74 Å². The number of amides is 4. The standard InChI is InChI=1S/C23H28N4O4S/c28-21(7-8-22(29)27-11-9-20-16(15-27)10-13-32-20)25-17-3-5-18(6-4-17)26-23(30)24-14-19-2-1-12-31-19/h3-6,10,13,19H,1-2,7-9,11-12,14-15H2,(H,25,28)(H2,24,26,30). The molecule has 1 unspecified atom stereocenters. The molecule has 2 aromatic rings. The van der Waals surface area contributed by atoms with Gasteiger partial charge in [0, 0.05) is 55.3 Å². The number of urea groups is 1. The van der Waals surface area contributed by atoms with Gasteiger partial charge in [0.25, 0.3) is 0 Å². The van der Waals surface area contributed by atoms with E-state index < -0.39 is 0 Å². The van der Waals surface area contributed by atoms with E-state index in [0.29, 0.717) is 31.0 Å². The summed E-state index contributed by atoms with van der Waals surface area (Å²) in [6.45, 7) is 2.59. The summed E-state index contributed by atoms with van der Waals surface area (Å²) in [5.74, 6) is -0.202. The van der Waals surface area contributed by atoms with E-state index in [0.717, 1.165) is 25.9 Å². The van der Waals surface area contributed by atoms with Gasteiger partial charge in [-0.3, -0.25) is 9.59 Å². The van der Waals surface area contributed by atoms with E-state index in [2.05, 4.69) is 27.4 Å². The van der Waals surface area contributed by atoms with Gasteiger partial charge < -0.3 is 25.6 Å². The highest BCUT2D eigenvalue weighted by Gasteiger charge is 2.22. The number of hydrogen-bond acceptors (Lipinski definition) is 5. The molecule has 1 atom stereocenters. The smallest absolute Gasteiger partial charge is 0.319 e. The minimum Gasteiger partial charge on any atom is -0.376 e. The Bertz CT molecular complexity index is 953.